The van der Waals surface area contributed by atoms with Crippen LogP contribution in [0, 0.1) is 0 Å². The molecule has 0 bridgehead atoms. The quantitative estimate of drug-likeness (QED) is 0.162. The van der Waals surface area contributed by atoms with E-state index in [0.717, 1.165) is 16.9 Å². The average Bonchev–Trinajstić information content (AvgIpc) is 3.48. The molecule has 0 aliphatic heterocycles. The Morgan fingerprint density at radius 2 is 1.80 bits per heavy atom. The predicted octanol–water partition coefficient (Wildman–Crippen LogP) is 7.03. The number of hydrogen-bond donors (Lipinski definition) is 0. The van der Waals surface area contributed by atoms with Crippen LogP contribution in [0.1, 0.15) is 42.8 Å². The Kier molecular flexibility index (Phi) is 8.51. The standard InChI is InChI=1S/C30H23ClF5N5O3/c1-3-23(25(42)11-16-4-7-21-17(10-16)5-9-27(37-21)30(34,35)36)40-15-26(44-2)20(13-28(40)43)19-12-18(31)6-8-24(19)41-14-22(29(32)33)38-39-41/h4-10,12-15,23,29H,3,11H2,1-2H3. The van der Waals surface area contributed by atoms with Gasteiger partial charge in [-0.3, -0.25) is 9.59 Å². The lowest BCUT2D eigenvalue weighted by Gasteiger charge is -2.20. The number of carbonyl (C=O) groups excluding carboxylic acids is 1. The summed E-state index contributed by atoms with van der Waals surface area (Å²) in [6, 6.07) is 11.7. The lowest BCUT2D eigenvalue weighted by molar-refractivity contribution is -0.141. The molecular weight excluding hydrogens is 609 g/mol. The first-order valence-electron chi connectivity index (χ1n) is 13.2. The van der Waals surface area contributed by atoms with Gasteiger partial charge in [0.2, 0.25) is 0 Å². The molecule has 0 aliphatic rings. The van der Waals surface area contributed by atoms with Crippen molar-refractivity contribution in [3.05, 3.63) is 99.3 Å². The average molecular weight is 632 g/mol. The molecule has 8 nitrogen and oxygen atoms in total. The topological polar surface area (TPSA) is 91.9 Å². The van der Waals surface area contributed by atoms with E-state index in [2.05, 4.69) is 15.3 Å². The van der Waals surface area contributed by atoms with Gasteiger partial charge >= 0.3 is 6.18 Å². The number of fused-ring (bicyclic) bond motifs is 1. The lowest BCUT2D eigenvalue weighted by Crippen LogP contribution is -2.30. The summed E-state index contributed by atoms with van der Waals surface area (Å²) in [5.74, 6) is -0.111. The van der Waals surface area contributed by atoms with E-state index < -0.39 is 35.6 Å². The van der Waals surface area contributed by atoms with Crippen LogP contribution in [0.5, 0.6) is 5.75 Å². The second-order valence-corrected chi connectivity index (χ2v) is 10.3. The second-order valence-electron chi connectivity index (χ2n) is 9.84. The van der Waals surface area contributed by atoms with Gasteiger partial charge in [0.1, 0.15) is 17.1 Å². The van der Waals surface area contributed by atoms with Crippen LogP contribution in [0.3, 0.4) is 0 Å². The number of methoxy groups -OCH3 is 1. The zero-order valence-corrected chi connectivity index (χ0v) is 23.9. The summed E-state index contributed by atoms with van der Waals surface area (Å²) >= 11 is 6.24. The molecule has 3 heterocycles. The maximum atomic E-state index is 13.5. The van der Waals surface area contributed by atoms with Gasteiger partial charge in [0.05, 0.1) is 36.7 Å². The molecule has 0 amide bonds. The molecule has 0 N–H and O–H groups in total. The number of benzene rings is 2. The predicted molar refractivity (Wildman–Crippen MR) is 152 cm³/mol. The van der Waals surface area contributed by atoms with Crippen molar-refractivity contribution < 1.29 is 31.5 Å². The van der Waals surface area contributed by atoms with Crippen LogP contribution in [0.25, 0.3) is 27.7 Å². The van der Waals surface area contributed by atoms with Crippen molar-refractivity contribution in [2.45, 2.75) is 38.4 Å². The molecule has 14 heteroatoms. The monoisotopic (exact) mass is 631 g/mol. The van der Waals surface area contributed by atoms with Crippen molar-refractivity contribution in [3.63, 3.8) is 0 Å². The summed E-state index contributed by atoms with van der Waals surface area (Å²) in [7, 11) is 1.37. The summed E-state index contributed by atoms with van der Waals surface area (Å²) in [5, 5.41) is 8.00. The molecule has 2 aromatic carbocycles. The normalized spacial score (nSPS) is 12.6. The number of pyridine rings is 2. The molecule has 5 rings (SSSR count). The van der Waals surface area contributed by atoms with E-state index in [1.807, 2.05) is 0 Å². The third kappa shape index (κ3) is 6.18. The molecule has 0 spiro atoms. The Hall–Kier alpha value is -4.65. The van der Waals surface area contributed by atoms with Crippen LogP contribution in [-0.2, 0) is 17.4 Å². The van der Waals surface area contributed by atoms with Crippen LogP contribution >= 0.6 is 11.6 Å². The van der Waals surface area contributed by atoms with Gasteiger partial charge in [0, 0.05) is 34.0 Å². The van der Waals surface area contributed by atoms with Crippen molar-refractivity contribution in [1.29, 1.82) is 0 Å². The SMILES string of the molecule is CCC(C(=O)Cc1ccc2nc(C(F)(F)F)ccc2c1)n1cc(OC)c(-c2cc(Cl)ccc2-n2cc(C(F)F)nn2)cc1=O. The zero-order valence-electron chi connectivity index (χ0n) is 23.1. The Morgan fingerprint density at radius 3 is 2.45 bits per heavy atom. The third-order valence-electron chi connectivity index (χ3n) is 7.01. The first kappa shape index (κ1) is 30.8. The summed E-state index contributed by atoms with van der Waals surface area (Å²) in [5.41, 5.74) is -0.478. The number of hydrogen-bond acceptors (Lipinski definition) is 6. The Morgan fingerprint density at radius 1 is 1.02 bits per heavy atom. The minimum absolute atomic E-state index is 0.0941. The minimum atomic E-state index is -4.58. The number of carbonyl (C=O) groups is 1. The fraction of sp³-hybridized carbons (Fsp3) is 0.233. The van der Waals surface area contributed by atoms with Crippen molar-refractivity contribution in [1.82, 2.24) is 24.5 Å². The third-order valence-corrected chi connectivity index (χ3v) is 7.25. The van der Waals surface area contributed by atoms with Gasteiger partial charge in [0.25, 0.3) is 12.0 Å². The molecule has 0 saturated carbocycles. The Balaban J connectivity index is 1.48. The summed E-state index contributed by atoms with van der Waals surface area (Å²) in [6.45, 7) is 1.73. The second kappa shape index (κ2) is 12.2. The molecule has 3 aromatic heterocycles. The van der Waals surface area contributed by atoms with Crippen LogP contribution in [-0.4, -0.2) is 37.4 Å². The van der Waals surface area contributed by atoms with Gasteiger partial charge in [-0.25, -0.2) is 18.4 Å². The largest absolute Gasteiger partial charge is 0.495 e. The van der Waals surface area contributed by atoms with Crippen LogP contribution in [0.2, 0.25) is 5.02 Å². The number of aromatic nitrogens is 5. The molecular formula is C30H23ClF5N5O3. The van der Waals surface area contributed by atoms with Crippen molar-refractivity contribution in [2.24, 2.45) is 0 Å². The molecule has 1 atom stereocenters. The van der Waals surface area contributed by atoms with Crippen LogP contribution < -0.4 is 10.3 Å². The van der Waals surface area contributed by atoms with E-state index in [1.165, 1.54) is 60.3 Å². The molecule has 0 fully saturated rings. The van der Waals surface area contributed by atoms with Gasteiger partial charge in [0.15, 0.2) is 5.78 Å². The molecule has 228 valence electrons. The van der Waals surface area contributed by atoms with E-state index in [9.17, 15) is 31.5 Å². The number of alkyl halides is 5. The number of rotatable bonds is 9. The van der Waals surface area contributed by atoms with Crippen LogP contribution in [0.4, 0.5) is 22.0 Å². The Bertz CT molecular complexity index is 1920. The summed E-state index contributed by atoms with van der Waals surface area (Å²) in [6.07, 6.45) is -4.80. The van der Waals surface area contributed by atoms with Gasteiger partial charge in [-0.15, -0.1) is 5.10 Å². The van der Waals surface area contributed by atoms with E-state index in [4.69, 9.17) is 16.3 Å². The van der Waals surface area contributed by atoms with Gasteiger partial charge in [-0.2, -0.15) is 13.2 Å². The number of ether oxygens (including phenoxy) is 1. The number of ketones is 1. The van der Waals surface area contributed by atoms with Crippen molar-refractivity contribution in [3.8, 4) is 22.6 Å². The summed E-state index contributed by atoms with van der Waals surface area (Å²) in [4.78, 5) is 30.5. The highest BCUT2D eigenvalue weighted by Crippen LogP contribution is 2.36. The highest BCUT2D eigenvalue weighted by molar-refractivity contribution is 6.31. The fourth-order valence-electron chi connectivity index (χ4n) is 4.90. The van der Waals surface area contributed by atoms with Crippen molar-refractivity contribution >= 4 is 28.3 Å². The van der Waals surface area contributed by atoms with Crippen LogP contribution in [0.15, 0.2) is 71.8 Å². The van der Waals surface area contributed by atoms with Gasteiger partial charge < -0.3 is 9.30 Å². The number of nitrogens with zero attached hydrogens (tertiary/aromatic N) is 5. The highest BCUT2D eigenvalue weighted by Gasteiger charge is 2.32. The zero-order chi connectivity index (χ0) is 31.8. The van der Waals surface area contributed by atoms with Gasteiger partial charge in [-0.1, -0.05) is 35.9 Å². The highest BCUT2D eigenvalue weighted by atomic mass is 35.5. The maximum absolute atomic E-state index is 13.5. The minimum Gasteiger partial charge on any atom is -0.495 e. The molecule has 0 radical (unpaired) electrons. The summed E-state index contributed by atoms with van der Waals surface area (Å²) < 4.78 is 73.4. The number of halogens is 6. The van der Waals surface area contributed by atoms with E-state index >= 15 is 0 Å². The lowest BCUT2D eigenvalue weighted by atomic mass is 9.99. The first-order valence-corrected chi connectivity index (χ1v) is 13.6. The number of Topliss-reactive ketones (excluding diaryl/α,β-unsaturated/α-hetero) is 1. The molecule has 0 saturated heterocycles. The Labute approximate surface area is 251 Å². The van der Waals surface area contributed by atoms with E-state index in [-0.39, 0.29) is 35.5 Å². The van der Waals surface area contributed by atoms with E-state index in [0.29, 0.717) is 27.2 Å². The first-order chi connectivity index (χ1) is 20.9. The van der Waals surface area contributed by atoms with Crippen molar-refractivity contribution in [2.75, 3.05) is 7.11 Å². The molecule has 44 heavy (non-hydrogen) atoms. The maximum Gasteiger partial charge on any atom is 0.433 e. The fourth-order valence-corrected chi connectivity index (χ4v) is 5.08. The van der Waals surface area contributed by atoms with Gasteiger partial charge in [-0.05, 0) is 48.4 Å². The molecule has 5 aromatic rings. The smallest absolute Gasteiger partial charge is 0.433 e. The molecule has 0 aliphatic carbocycles. The van der Waals surface area contributed by atoms with E-state index in [1.54, 1.807) is 13.0 Å². The molecule has 1 unspecified atom stereocenters.